The highest BCUT2D eigenvalue weighted by molar-refractivity contribution is 6.32. The van der Waals surface area contributed by atoms with Gasteiger partial charge in [-0.3, -0.25) is 4.79 Å². The number of carbonyl (C=O) groups excluding carboxylic acids is 1. The lowest BCUT2D eigenvalue weighted by Crippen LogP contribution is -2.10. The van der Waals surface area contributed by atoms with E-state index in [2.05, 4.69) is 9.97 Å². The molecule has 0 aliphatic rings. The lowest BCUT2D eigenvalue weighted by atomic mass is 9.92. The second-order valence-corrected chi connectivity index (χ2v) is 5.72. The monoisotopic (exact) mass is 330 g/mol. The number of aromatic amines is 2. The van der Waals surface area contributed by atoms with Gasteiger partial charge in [0.15, 0.2) is 5.78 Å². The SMILES string of the molecule is COc1ccc(C(C)C(=O)c2ccc3[nH]c(=O)[nH]c3c2)c(Cl)c1. The molecule has 1 atom stereocenters. The van der Waals surface area contributed by atoms with Crippen LogP contribution in [0.5, 0.6) is 5.75 Å². The third kappa shape index (κ3) is 2.87. The Morgan fingerprint density at radius 1 is 1.13 bits per heavy atom. The molecule has 2 aromatic carbocycles. The Hall–Kier alpha value is -2.53. The summed E-state index contributed by atoms with van der Waals surface area (Å²) in [4.78, 5) is 29.3. The number of carbonyl (C=O) groups is 1. The summed E-state index contributed by atoms with van der Waals surface area (Å²) in [5.41, 5.74) is 2.23. The van der Waals surface area contributed by atoms with Crippen molar-refractivity contribution in [2.45, 2.75) is 12.8 Å². The topological polar surface area (TPSA) is 75.0 Å². The van der Waals surface area contributed by atoms with Gasteiger partial charge in [-0.25, -0.2) is 4.79 Å². The van der Waals surface area contributed by atoms with Crippen LogP contribution in [-0.4, -0.2) is 22.9 Å². The first kappa shape index (κ1) is 15.4. The van der Waals surface area contributed by atoms with E-state index in [0.717, 1.165) is 5.56 Å². The zero-order chi connectivity index (χ0) is 16.6. The van der Waals surface area contributed by atoms with Crippen LogP contribution in [0.3, 0.4) is 0 Å². The van der Waals surface area contributed by atoms with Crippen molar-refractivity contribution in [3.05, 3.63) is 63.0 Å². The number of ketones is 1. The van der Waals surface area contributed by atoms with Crippen molar-refractivity contribution in [1.82, 2.24) is 9.97 Å². The van der Waals surface area contributed by atoms with Crippen molar-refractivity contribution in [3.63, 3.8) is 0 Å². The number of halogens is 1. The number of imidazole rings is 1. The van der Waals surface area contributed by atoms with E-state index in [1.807, 2.05) is 0 Å². The third-order valence-electron chi connectivity index (χ3n) is 3.87. The summed E-state index contributed by atoms with van der Waals surface area (Å²) in [6.07, 6.45) is 0. The quantitative estimate of drug-likeness (QED) is 0.719. The fourth-order valence-electron chi connectivity index (χ4n) is 2.56. The zero-order valence-electron chi connectivity index (χ0n) is 12.6. The first-order chi connectivity index (χ1) is 11.0. The Morgan fingerprint density at radius 3 is 2.57 bits per heavy atom. The molecular weight excluding hydrogens is 316 g/mol. The number of methoxy groups -OCH3 is 1. The highest BCUT2D eigenvalue weighted by atomic mass is 35.5. The molecule has 0 amide bonds. The summed E-state index contributed by atoms with van der Waals surface area (Å²) in [5.74, 6) is 0.169. The molecule has 1 heterocycles. The van der Waals surface area contributed by atoms with E-state index >= 15 is 0 Å². The number of Topliss-reactive ketones (excluding diaryl/α,β-unsaturated/α-hetero) is 1. The Bertz CT molecular complexity index is 942. The molecule has 3 aromatic rings. The molecule has 0 bridgehead atoms. The molecule has 0 fully saturated rings. The summed E-state index contributed by atoms with van der Waals surface area (Å²) >= 11 is 6.25. The van der Waals surface area contributed by atoms with Gasteiger partial charge >= 0.3 is 5.69 Å². The standard InChI is InChI=1S/C17H15ClN2O3/c1-9(12-5-4-11(23-2)8-13(12)18)16(21)10-3-6-14-15(7-10)20-17(22)19-14/h3-9H,1-2H3,(H2,19,20,22). The molecule has 0 spiro atoms. The Balaban J connectivity index is 1.95. The fraction of sp³-hybridized carbons (Fsp3) is 0.176. The summed E-state index contributed by atoms with van der Waals surface area (Å²) < 4.78 is 5.12. The molecule has 5 nitrogen and oxygen atoms in total. The van der Waals surface area contributed by atoms with Gasteiger partial charge in [0.25, 0.3) is 0 Å². The molecule has 1 aromatic heterocycles. The molecule has 6 heteroatoms. The normalized spacial score (nSPS) is 12.3. The van der Waals surface area contributed by atoms with E-state index < -0.39 is 5.92 Å². The predicted molar refractivity (Wildman–Crippen MR) is 89.7 cm³/mol. The van der Waals surface area contributed by atoms with Crippen molar-refractivity contribution in [3.8, 4) is 5.75 Å². The summed E-state index contributed by atoms with van der Waals surface area (Å²) in [7, 11) is 1.56. The van der Waals surface area contributed by atoms with Crippen molar-refractivity contribution in [2.24, 2.45) is 0 Å². The predicted octanol–water partition coefficient (Wildman–Crippen LogP) is 3.50. The van der Waals surface area contributed by atoms with E-state index in [1.165, 1.54) is 0 Å². The van der Waals surface area contributed by atoms with Crippen molar-refractivity contribution >= 4 is 28.4 Å². The van der Waals surface area contributed by atoms with Crippen molar-refractivity contribution < 1.29 is 9.53 Å². The number of hydrogen-bond donors (Lipinski definition) is 2. The molecule has 3 rings (SSSR count). The minimum atomic E-state index is -0.406. The Kier molecular flexibility index (Phi) is 3.96. The number of hydrogen-bond acceptors (Lipinski definition) is 3. The molecule has 0 radical (unpaired) electrons. The minimum absolute atomic E-state index is 0.0685. The first-order valence-corrected chi connectivity index (χ1v) is 7.47. The molecule has 0 saturated heterocycles. The van der Waals surface area contributed by atoms with Crippen LogP contribution in [0.25, 0.3) is 11.0 Å². The van der Waals surface area contributed by atoms with Gasteiger partial charge in [-0.2, -0.15) is 0 Å². The number of aromatic nitrogens is 2. The molecule has 0 aliphatic heterocycles. The van der Waals surface area contributed by atoms with Crippen molar-refractivity contribution in [1.29, 1.82) is 0 Å². The van der Waals surface area contributed by atoms with Gasteiger partial charge in [-0.1, -0.05) is 24.6 Å². The largest absolute Gasteiger partial charge is 0.497 e. The molecule has 2 N–H and O–H groups in total. The molecule has 23 heavy (non-hydrogen) atoms. The van der Waals surface area contributed by atoms with Crippen LogP contribution in [0.4, 0.5) is 0 Å². The summed E-state index contributed by atoms with van der Waals surface area (Å²) in [5, 5.41) is 0.487. The Morgan fingerprint density at radius 2 is 1.87 bits per heavy atom. The lowest BCUT2D eigenvalue weighted by Gasteiger charge is -2.13. The molecule has 118 valence electrons. The number of rotatable bonds is 4. The fourth-order valence-corrected chi connectivity index (χ4v) is 2.90. The smallest absolute Gasteiger partial charge is 0.323 e. The minimum Gasteiger partial charge on any atom is -0.497 e. The van der Waals surface area contributed by atoms with Crippen LogP contribution in [0.2, 0.25) is 5.02 Å². The van der Waals surface area contributed by atoms with Gasteiger partial charge in [-0.05, 0) is 35.9 Å². The van der Waals surface area contributed by atoms with Gasteiger partial charge < -0.3 is 14.7 Å². The molecule has 0 saturated carbocycles. The highest BCUT2D eigenvalue weighted by Gasteiger charge is 2.20. The average molecular weight is 331 g/mol. The van der Waals surface area contributed by atoms with Crippen molar-refractivity contribution in [2.75, 3.05) is 7.11 Å². The van der Waals surface area contributed by atoms with Crippen LogP contribution < -0.4 is 10.4 Å². The van der Waals surface area contributed by atoms with Gasteiger partial charge in [-0.15, -0.1) is 0 Å². The maximum absolute atomic E-state index is 12.7. The van der Waals surface area contributed by atoms with E-state index in [4.69, 9.17) is 16.3 Å². The van der Waals surface area contributed by atoms with Gasteiger partial charge in [0.1, 0.15) is 5.75 Å². The molecular formula is C17H15ClN2O3. The zero-order valence-corrected chi connectivity index (χ0v) is 13.4. The van der Waals surface area contributed by atoms with Crippen LogP contribution in [0.15, 0.2) is 41.2 Å². The van der Waals surface area contributed by atoms with Crippen LogP contribution in [-0.2, 0) is 0 Å². The molecule has 1 unspecified atom stereocenters. The van der Waals surface area contributed by atoms with Crippen LogP contribution >= 0.6 is 11.6 Å². The number of ether oxygens (including phenoxy) is 1. The lowest BCUT2D eigenvalue weighted by molar-refractivity contribution is 0.0966. The van der Waals surface area contributed by atoms with Crippen LogP contribution in [0.1, 0.15) is 28.8 Å². The number of nitrogens with one attached hydrogen (secondary N) is 2. The number of benzene rings is 2. The van der Waals surface area contributed by atoms with E-state index in [-0.39, 0.29) is 11.5 Å². The second kappa shape index (κ2) is 5.93. The van der Waals surface area contributed by atoms with E-state index in [0.29, 0.717) is 27.4 Å². The summed E-state index contributed by atoms with van der Waals surface area (Å²) in [6, 6.07) is 10.3. The number of fused-ring (bicyclic) bond motifs is 1. The van der Waals surface area contributed by atoms with E-state index in [1.54, 1.807) is 50.4 Å². The maximum atomic E-state index is 12.7. The van der Waals surface area contributed by atoms with Gasteiger partial charge in [0.2, 0.25) is 0 Å². The average Bonchev–Trinajstić information content (AvgIpc) is 2.92. The van der Waals surface area contributed by atoms with Crippen LogP contribution in [0, 0.1) is 0 Å². The maximum Gasteiger partial charge on any atom is 0.323 e. The van der Waals surface area contributed by atoms with E-state index in [9.17, 15) is 9.59 Å². The summed E-state index contributed by atoms with van der Waals surface area (Å²) in [6.45, 7) is 1.81. The first-order valence-electron chi connectivity index (χ1n) is 7.09. The van der Waals surface area contributed by atoms with Gasteiger partial charge in [0, 0.05) is 16.5 Å². The third-order valence-corrected chi connectivity index (χ3v) is 4.20. The molecule has 0 aliphatic carbocycles. The number of H-pyrrole nitrogens is 2. The van der Waals surface area contributed by atoms with Gasteiger partial charge in [0.05, 0.1) is 18.1 Å². The Labute approximate surface area is 137 Å². The highest BCUT2D eigenvalue weighted by Crippen LogP contribution is 2.30. The second-order valence-electron chi connectivity index (χ2n) is 5.31.